The van der Waals surface area contributed by atoms with Crippen molar-refractivity contribution < 1.29 is 9.53 Å². The Morgan fingerprint density at radius 3 is 2.50 bits per heavy atom. The molecule has 1 unspecified atom stereocenters. The first kappa shape index (κ1) is 19.8. The monoisotopic (exact) mass is 379 g/mol. The number of ether oxygens (including phenoxy) is 1. The van der Waals surface area contributed by atoms with Crippen LogP contribution in [0, 0.1) is 6.92 Å². The highest BCUT2D eigenvalue weighted by Gasteiger charge is 2.25. The van der Waals surface area contributed by atoms with E-state index in [0.29, 0.717) is 36.2 Å². The molecular formula is C22H25N3O3. The van der Waals surface area contributed by atoms with E-state index >= 15 is 0 Å². The molecule has 0 aliphatic rings. The zero-order chi connectivity index (χ0) is 20.1. The van der Waals surface area contributed by atoms with E-state index in [-0.39, 0.29) is 11.5 Å². The molecule has 1 heterocycles. The maximum absolute atomic E-state index is 13.3. The zero-order valence-electron chi connectivity index (χ0n) is 16.4. The highest BCUT2D eigenvalue weighted by atomic mass is 16.5. The number of aromatic amines is 1. The molecule has 3 aromatic rings. The summed E-state index contributed by atoms with van der Waals surface area (Å²) in [6, 6.07) is 15.3. The normalized spacial score (nSPS) is 12.1. The minimum atomic E-state index is -0.496. The van der Waals surface area contributed by atoms with E-state index in [1.54, 1.807) is 24.1 Å². The van der Waals surface area contributed by atoms with Crippen molar-refractivity contribution in [3.8, 4) is 0 Å². The van der Waals surface area contributed by atoms with Crippen LogP contribution >= 0.6 is 0 Å². The standard InChI is InChI=1S/C22H25N3O3/c1-15-8-10-17(11-9-15)14-25(12-13-28-3)22(27)16(2)20-18-6-4-5-7-19(18)21(26)24-23-20/h4-11,16H,12-14H2,1-3H3,(H,24,26). The quantitative estimate of drug-likeness (QED) is 0.685. The van der Waals surface area contributed by atoms with Crippen LogP contribution in [0.4, 0.5) is 0 Å². The molecule has 0 saturated carbocycles. The van der Waals surface area contributed by atoms with E-state index in [4.69, 9.17) is 4.74 Å². The minimum absolute atomic E-state index is 0.0534. The maximum Gasteiger partial charge on any atom is 0.272 e. The van der Waals surface area contributed by atoms with Gasteiger partial charge in [-0.3, -0.25) is 9.59 Å². The van der Waals surface area contributed by atoms with Crippen molar-refractivity contribution >= 4 is 16.7 Å². The van der Waals surface area contributed by atoms with Crippen LogP contribution in [-0.2, 0) is 16.1 Å². The summed E-state index contributed by atoms with van der Waals surface area (Å²) in [4.78, 5) is 27.1. The molecule has 0 aliphatic heterocycles. The minimum Gasteiger partial charge on any atom is -0.383 e. The van der Waals surface area contributed by atoms with E-state index in [1.807, 2.05) is 50.2 Å². The van der Waals surface area contributed by atoms with Crippen LogP contribution in [0.2, 0.25) is 0 Å². The Kier molecular flexibility index (Phi) is 6.21. The van der Waals surface area contributed by atoms with Gasteiger partial charge in [-0.05, 0) is 25.5 Å². The topological polar surface area (TPSA) is 75.3 Å². The molecule has 0 spiro atoms. The lowest BCUT2D eigenvalue weighted by Crippen LogP contribution is -2.36. The predicted molar refractivity (Wildman–Crippen MR) is 109 cm³/mol. The van der Waals surface area contributed by atoms with Crippen LogP contribution in [0.15, 0.2) is 53.3 Å². The third-order valence-electron chi connectivity index (χ3n) is 4.88. The average molecular weight is 379 g/mol. The Balaban J connectivity index is 1.90. The van der Waals surface area contributed by atoms with Gasteiger partial charge in [0.05, 0.1) is 23.6 Å². The Bertz CT molecular complexity index is 1010. The number of amides is 1. The Labute approximate surface area is 164 Å². The third-order valence-corrected chi connectivity index (χ3v) is 4.88. The number of fused-ring (bicyclic) bond motifs is 1. The van der Waals surface area contributed by atoms with Crippen LogP contribution in [0.3, 0.4) is 0 Å². The molecule has 1 atom stereocenters. The second kappa shape index (κ2) is 8.80. The number of hydrogen-bond donors (Lipinski definition) is 1. The van der Waals surface area contributed by atoms with Crippen LogP contribution in [0.5, 0.6) is 0 Å². The number of H-pyrrole nitrogens is 1. The molecule has 0 aliphatic carbocycles. The van der Waals surface area contributed by atoms with Gasteiger partial charge in [0.2, 0.25) is 5.91 Å². The van der Waals surface area contributed by atoms with Gasteiger partial charge in [-0.2, -0.15) is 5.10 Å². The molecule has 3 rings (SSSR count). The smallest absolute Gasteiger partial charge is 0.272 e. The summed E-state index contributed by atoms with van der Waals surface area (Å²) >= 11 is 0. The number of nitrogens with zero attached hydrogens (tertiary/aromatic N) is 2. The van der Waals surface area contributed by atoms with E-state index in [9.17, 15) is 9.59 Å². The van der Waals surface area contributed by atoms with Crippen LogP contribution in [-0.4, -0.2) is 41.3 Å². The number of aryl methyl sites for hydroxylation is 1. The Hall–Kier alpha value is -2.99. The first-order valence-electron chi connectivity index (χ1n) is 9.32. The summed E-state index contributed by atoms with van der Waals surface area (Å²) in [6.45, 7) is 5.28. The number of methoxy groups -OCH3 is 1. The average Bonchev–Trinajstić information content (AvgIpc) is 2.72. The van der Waals surface area contributed by atoms with Crippen molar-refractivity contribution in [3.05, 3.63) is 75.7 Å². The second-order valence-electron chi connectivity index (χ2n) is 6.94. The van der Waals surface area contributed by atoms with E-state index < -0.39 is 5.92 Å². The van der Waals surface area contributed by atoms with E-state index in [1.165, 1.54) is 5.56 Å². The Morgan fingerprint density at radius 1 is 1.14 bits per heavy atom. The van der Waals surface area contributed by atoms with Gasteiger partial charge in [0.1, 0.15) is 0 Å². The highest BCUT2D eigenvalue weighted by molar-refractivity contribution is 5.91. The van der Waals surface area contributed by atoms with Gasteiger partial charge in [0.15, 0.2) is 0 Å². The lowest BCUT2D eigenvalue weighted by molar-refractivity contribution is -0.133. The van der Waals surface area contributed by atoms with Crippen molar-refractivity contribution in [1.29, 1.82) is 0 Å². The maximum atomic E-state index is 13.3. The summed E-state index contributed by atoms with van der Waals surface area (Å²) in [5, 5.41) is 7.95. The van der Waals surface area contributed by atoms with Gasteiger partial charge in [-0.25, -0.2) is 5.10 Å². The van der Waals surface area contributed by atoms with Gasteiger partial charge in [-0.1, -0.05) is 48.0 Å². The number of aromatic nitrogens is 2. The van der Waals surface area contributed by atoms with Gasteiger partial charge in [0.25, 0.3) is 5.56 Å². The van der Waals surface area contributed by atoms with E-state index in [2.05, 4.69) is 10.2 Å². The van der Waals surface area contributed by atoms with Gasteiger partial charge in [0, 0.05) is 25.6 Å². The lowest BCUT2D eigenvalue weighted by Gasteiger charge is -2.26. The number of carbonyl (C=O) groups is 1. The molecule has 6 heteroatoms. The van der Waals surface area contributed by atoms with Crippen LogP contribution in [0.1, 0.15) is 29.7 Å². The molecular weight excluding hydrogens is 354 g/mol. The fraction of sp³-hybridized carbons (Fsp3) is 0.318. The summed E-state index contributed by atoms with van der Waals surface area (Å²) < 4.78 is 5.19. The molecule has 6 nitrogen and oxygen atoms in total. The van der Waals surface area contributed by atoms with Gasteiger partial charge < -0.3 is 9.64 Å². The fourth-order valence-electron chi connectivity index (χ4n) is 3.24. The molecule has 1 amide bonds. The SMILES string of the molecule is COCCN(Cc1ccc(C)cc1)C(=O)C(C)c1n[nH]c(=O)c2ccccc12. The third kappa shape index (κ3) is 4.28. The number of nitrogens with one attached hydrogen (secondary N) is 1. The summed E-state index contributed by atoms with van der Waals surface area (Å²) in [5.74, 6) is -0.550. The molecule has 0 radical (unpaired) electrons. The second-order valence-corrected chi connectivity index (χ2v) is 6.94. The summed E-state index contributed by atoms with van der Waals surface area (Å²) in [5.41, 5.74) is 2.55. The molecule has 0 fully saturated rings. The van der Waals surface area contributed by atoms with Crippen molar-refractivity contribution in [2.24, 2.45) is 0 Å². The number of hydrogen-bond acceptors (Lipinski definition) is 4. The fourth-order valence-corrected chi connectivity index (χ4v) is 3.24. The molecule has 0 saturated heterocycles. The Morgan fingerprint density at radius 2 is 1.82 bits per heavy atom. The number of rotatable bonds is 7. The van der Waals surface area contributed by atoms with Gasteiger partial charge >= 0.3 is 0 Å². The first-order valence-corrected chi connectivity index (χ1v) is 9.32. The number of carbonyl (C=O) groups excluding carboxylic acids is 1. The molecule has 0 bridgehead atoms. The highest BCUT2D eigenvalue weighted by Crippen LogP contribution is 2.23. The summed E-state index contributed by atoms with van der Waals surface area (Å²) in [6.07, 6.45) is 0. The zero-order valence-corrected chi connectivity index (χ0v) is 16.4. The number of benzene rings is 2. The predicted octanol–water partition coefficient (Wildman–Crippen LogP) is 3.01. The van der Waals surface area contributed by atoms with Gasteiger partial charge in [-0.15, -0.1) is 0 Å². The van der Waals surface area contributed by atoms with Crippen molar-refractivity contribution in [2.75, 3.05) is 20.3 Å². The van der Waals surface area contributed by atoms with Crippen molar-refractivity contribution in [1.82, 2.24) is 15.1 Å². The molecule has 146 valence electrons. The first-order chi connectivity index (χ1) is 13.5. The summed E-state index contributed by atoms with van der Waals surface area (Å²) in [7, 11) is 1.62. The molecule has 2 aromatic carbocycles. The largest absolute Gasteiger partial charge is 0.383 e. The molecule has 1 aromatic heterocycles. The molecule has 28 heavy (non-hydrogen) atoms. The van der Waals surface area contributed by atoms with Crippen LogP contribution in [0.25, 0.3) is 10.8 Å². The molecule has 1 N–H and O–H groups in total. The van der Waals surface area contributed by atoms with Crippen molar-refractivity contribution in [2.45, 2.75) is 26.3 Å². The lowest BCUT2D eigenvalue weighted by atomic mass is 10.00. The van der Waals surface area contributed by atoms with Crippen molar-refractivity contribution in [3.63, 3.8) is 0 Å². The van der Waals surface area contributed by atoms with Crippen LogP contribution < -0.4 is 5.56 Å². The van der Waals surface area contributed by atoms with E-state index in [0.717, 1.165) is 5.56 Å².